The van der Waals surface area contributed by atoms with Crippen molar-refractivity contribution in [1.29, 1.82) is 0 Å². The van der Waals surface area contributed by atoms with Gasteiger partial charge in [0.15, 0.2) is 0 Å². The van der Waals surface area contributed by atoms with Gasteiger partial charge >= 0.3 is 0 Å². The zero-order valence-electron chi connectivity index (χ0n) is 8.88. The van der Waals surface area contributed by atoms with Crippen LogP contribution in [0.1, 0.15) is 33.1 Å². The van der Waals surface area contributed by atoms with E-state index in [1.165, 1.54) is 0 Å². The highest BCUT2D eigenvalue weighted by Crippen LogP contribution is 2.10. The average molecular weight is 198 g/mol. The summed E-state index contributed by atoms with van der Waals surface area (Å²) in [6, 6.07) is 0.287. The molecule has 0 unspecified atom stereocenters. The fourth-order valence-electron chi connectivity index (χ4n) is 1.83. The molecule has 14 heavy (non-hydrogen) atoms. The van der Waals surface area contributed by atoms with Gasteiger partial charge in [0.05, 0.1) is 6.54 Å². The zero-order chi connectivity index (χ0) is 10.6. The minimum Gasteiger partial charge on any atom is -0.347 e. The highest BCUT2D eigenvalue weighted by Gasteiger charge is 2.24. The molecule has 0 atom stereocenters. The number of carbonyl (C=O) groups excluding carboxylic acids is 2. The molecular formula is C10H18N2O2. The Labute approximate surface area is 84.7 Å². The van der Waals surface area contributed by atoms with Gasteiger partial charge in [-0.05, 0) is 12.8 Å². The van der Waals surface area contributed by atoms with Gasteiger partial charge in [0.1, 0.15) is 0 Å². The third-order valence-electron chi connectivity index (χ3n) is 2.72. The van der Waals surface area contributed by atoms with E-state index in [9.17, 15) is 9.59 Å². The molecule has 0 saturated carbocycles. The molecular weight excluding hydrogens is 180 g/mol. The van der Waals surface area contributed by atoms with Crippen LogP contribution in [-0.2, 0) is 9.59 Å². The van der Waals surface area contributed by atoms with Gasteiger partial charge in [0.25, 0.3) is 0 Å². The van der Waals surface area contributed by atoms with Crippen molar-refractivity contribution in [2.45, 2.75) is 39.2 Å². The van der Waals surface area contributed by atoms with Crippen LogP contribution in [0.5, 0.6) is 0 Å². The SMILES string of the molecule is CCC(CC)N1CCC(=O)NCC1=O. The number of hydrogen-bond donors (Lipinski definition) is 1. The van der Waals surface area contributed by atoms with E-state index in [1.807, 2.05) is 4.90 Å². The Kier molecular flexibility index (Phi) is 3.92. The summed E-state index contributed by atoms with van der Waals surface area (Å²) in [7, 11) is 0. The Morgan fingerprint density at radius 2 is 2.00 bits per heavy atom. The maximum atomic E-state index is 11.6. The predicted octanol–water partition coefficient (Wildman–Crippen LogP) is 0.523. The Bertz CT molecular complexity index is 224. The fourth-order valence-corrected chi connectivity index (χ4v) is 1.83. The summed E-state index contributed by atoms with van der Waals surface area (Å²) in [6.45, 7) is 4.87. The van der Waals surface area contributed by atoms with E-state index < -0.39 is 0 Å². The summed E-state index contributed by atoms with van der Waals surface area (Å²) >= 11 is 0. The molecule has 80 valence electrons. The monoisotopic (exact) mass is 198 g/mol. The van der Waals surface area contributed by atoms with E-state index >= 15 is 0 Å². The van der Waals surface area contributed by atoms with Crippen LogP contribution in [0.4, 0.5) is 0 Å². The van der Waals surface area contributed by atoms with Crippen LogP contribution in [0, 0.1) is 0 Å². The van der Waals surface area contributed by atoms with Crippen molar-refractivity contribution in [3.05, 3.63) is 0 Å². The van der Waals surface area contributed by atoms with Crippen LogP contribution in [0.15, 0.2) is 0 Å². The lowest BCUT2D eigenvalue weighted by molar-refractivity contribution is -0.132. The van der Waals surface area contributed by atoms with Crippen LogP contribution in [-0.4, -0.2) is 35.8 Å². The normalized spacial score (nSPS) is 18.4. The van der Waals surface area contributed by atoms with Crippen molar-refractivity contribution in [3.63, 3.8) is 0 Å². The third kappa shape index (κ3) is 2.47. The minimum absolute atomic E-state index is 0.0215. The van der Waals surface area contributed by atoms with Crippen molar-refractivity contribution in [2.75, 3.05) is 13.1 Å². The minimum atomic E-state index is -0.0215. The lowest BCUT2D eigenvalue weighted by Crippen LogP contribution is -2.42. The van der Waals surface area contributed by atoms with Gasteiger partial charge in [-0.3, -0.25) is 9.59 Å². The van der Waals surface area contributed by atoms with Crippen molar-refractivity contribution in [1.82, 2.24) is 10.2 Å². The standard InChI is InChI=1S/C10H18N2O2/c1-3-8(4-2)12-6-5-9(13)11-7-10(12)14/h8H,3-7H2,1-2H3,(H,11,13). The molecule has 0 aromatic rings. The molecule has 1 aliphatic heterocycles. The van der Waals surface area contributed by atoms with Gasteiger partial charge in [-0.15, -0.1) is 0 Å². The Morgan fingerprint density at radius 3 is 2.57 bits per heavy atom. The second kappa shape index (κ2) is 4.98. The molecule has 4 heteroatoms. The molecule has 4 nitrogen and oxygen atoms in total. The summed E-state index contributed by atoms with van der Waals surface area (Å²) in [5.74, 6) is 0.0244. The number of nitrogens with zero attached hydrogens (tertiary/aromatic N) is 1. The van der Waals surface area contributed by atoms with Gasteiger partial charge in [0, 0.05) is 19.0 Å². The molecule has 1 fully saturated rings. The zero-order valence-corrected chi connectivity index (χ0v) is 8.88. The first-order valence-electron chi connectivity index (χ1n) is 5.25. The fraction of sp³-hybridized carbons (Fsp3) is 0.800. The first-order valence-corrected chi connectivity index (χ1v) is 5.25. The van der Waals surface area contributed by atoms with E-state index in [0.29, 0.717) is 13.0 Å². The molecule has 0 spiro atoms. The topological polar surface area (TPSA) is 49.4 Å². The Balaban J connectivity index is 2.65. The number of amides is 2. The molecule has 2 amide bonds. The smallest absolute Gasteiger partial charge is 0.242 e. The average Bonchev–Trinajstić information content (AvgIpc) is 2.34. The van der Waals surface area contributed by atoms with Crippen LogP contribution in [0.2, 0.25) is 0 Å². The summed E-state index contributed by atoms with van der Waals surface area (Å²) < 4.78 is 0. The molecule has 0 aromatic heterocycles. The molecule has 0 radical (unpaired) electrons. The molecule has 0 aliphatic carbocycles. The molecule has 1 aliphatic rings. The maximum absolute atomic E-state index is 11.6. The lowest BCUT2D eigenvalue weighted by atomic mass is 10.1. The highest BCUT2D eigenvalue weighted by atomic mass is 16.2. The van der Waals surface area contributed by atoms with Gasteiger partial charge in [0.2, 0.25) is 11.8 Å². The highest BCUT2D eigenvalue weighted by molar-refractivity contribution is 5.87. The lowest BCUT2D eigenvalue weighted by Gasteiger charge is -2.28. The van der Waals surface area contributed by atoms with Gasteiger partial charge in [-0.1, -0.05) is 13.8 Å². The number of carbonyl (C=O) groups is 2. The quantitative estimate of drug-likeness (QED) is 0.719. The molecule has 1 N–H and O–H groups in total. The molecule has 1 rings (SSSR count). The van der Waals surface area contributed by atoms with E-state index in [1.54, 1.807) is 0 Å². The van der Waals surface area contributed by atoms with Gasteiger partial charge in [-0.25, -0.2) is 0 Å². The largest absolute Gasteiger partial charge is 0.347 e. The first-order chi connectivity index (χ1) is 6.69. The van der Waals surface area contributed by atoms with Crippen molar-refractivity contribution in [2.24, 2.45) is 0 Å². The van der Waals surface area contributed by atoms with E-state index in [0.717, 1.165) is 12.8 Å². The van der Waals surface area contributed by atoms with E-state index in [-0.39, 0.29) is 24.4 Å². The van der Waals surface area contributed by atoms with Crippen molar-refractivity contribution >= 4 is 11.8 Å². The second-order valence-corrected chi connectivity index (χ2v) is 3.58. The molecule has 1 saturated heterocycles. The molecule has 0 aromatic carbocycles. The first kappa shape index (κ1) is 11.0. The van der Waals surface area contributed by atoms with Gasteiger partial charge < -0.3 is 10.2 Å². The van der Waals surface area contributed by atoms with Gasteiger partial charge in [-0.2, -0.15) is 0 Å². The summed E-state index contributed by atoms with van der Waals surface area (Å²) in [5.41, 5.74) is 0. The summed E-state index contributed by atoms with van der Waals surface area (Å²) in [4.78, 5) is 24.5. The van der Waals surface area contributed by atoms with Crippen LogP contribution in [0.3, 0.4) is 0 Å². The molecule has 0 bridgehead atoms. The van der Waals surface area contributed by atoms with Crippen LogP contribution < -0.4 is 5.32 Å². The summed E-state index contributed by atoms with van der Waals surface area (Å²) in [5, 5.41) is 2.60. The van der Waals surface area contributed by atoms with Crippen LogP contribution >= 0.6 is 0 Å². The number of rotatable bonds is 3. The number of hydrogen-bond acceptors (Lipinski definition) is 2. The Hall–Kier alpha value is -1.06. The van der Waals surface area contributed by atoms with Crippen molar-refractivity contribution < 1.29 is 9.59 Å². The maximum Gasteiger partial charge on any atom is 0.242 e. The number of nitrogens with one attached hydrogen (secondary N) is 1. The summed E-state index contributed by atoms with van der Waals surface area (Å²) in [6.07, 6.45) is 2.34. The van der Waals surface area contributed by atoms with E-state index in [4.69, 9.17) is 0 Å². The van der Waals surface area contributed by atoms with Crippen molar-refractivity contribution in [3.8, 4) is 0 Å². The third-order valence-corrected chi connectivity index (χ3v) is 2.72. The van der Waals surface area contributed by atoms with Crippen LogP contribution in [0.25, 0.3) is 0 Å². The predicted molar refractivity (Wildman–Crippen MR) is 53.7 cm³/mol. The second-order valence-electron chi connectivity index (χ2n) is 3.58. The molecule has 1 heterocycles. The van der Waals surface area contributed by atoms with E-state index in [2.05, 4.69) is 19.2 Å². The Morgan fingerprint density at radius 1 is 1.36 bits per heavy atom.